The second kappa shape index (κ2) is 12.3. The molecule has 30 heavy (non-hydrogen) atoms. The fraction of sp³-hybridized carbons (Fsp3) is 0.333. The molecule has 0 saturated carbocycles. The standard InChI is InChI=1S/C24H26O6/c1-2-3-4-5-12-17-20(23(27)29-21(25)18-13-8-6-9-14-18)24(28)30-22(26)19-15-10-7-11-16-19/h6-11,13-16,20H,2-5,12,17H2,1H3. The predicted octanol–water partition coefficient (Wildman–Crippen LogP) is 4.73. The fourth-order valence-corrected chi connectivity index (χ4v) is 2.88. The monoisotopic (exact) mass is 410 g/mol. The number of carbonyl (C=O) groups is 4. The molecule has 0 atom stereocenters. The van der Waals surface area contributed by atoms with Gasteiger partial charge in [0.15, 0.2) is 5.92 Å². The molecule has 0 N–H and O–H groups in total. The Balaban J connectivity index is 2.04. The minimum Gasteiger partial charge on any atom is -0.389 e. The predicted molar refractivity (Wildman–Crippen MR) is 111 cm³/mol. The van der Waals surface area contributed by atoms with Crippen LogP contribution in [0, 0.1) is 5.92 Å². The molecule has 0 saturated heterocycles. The van der Waals surface area contributed by atoms with E-state index in [2.05, 4.69) is 6.92 Å². The summed E-state index contributed by atoms with van der Waals surface area (Å²) >= 11 is 0. The van der Waals surface area contributed by atoms with Crippen LogP contribution in [0.2, 0.25) is 0 Å². The van der Waals surface area contributed by atoms with Crippen LogP contribution in [-0.2, 0) is 19.1 Å². The van der Waals surface area contributed by atoms with E-state index in [1.54, 1.807) is 36.4 Å². The van der Waals surface area contributed by atoms with Crippen LogP contribution in [0.1, 0.15) is 66.2 Å². The van der Waals surface area contributed by atoms with Gasteiger partial charge in [0, 0.05) is 0 Å². The van der Waals surface area contributed by atoms with Crippen molar-refractivity contribution in [2.45, 2.75) is 45.4 Å². The van der Waals surface area contributed by atoms with Gasteiger partial charge in [-0.2, -0.15) is 0 Å². The molecule has 0 unspecified atom stereocenters. The van der Waals surface area contributed by atoms with Gasteiger partial charge in [0.05, 0.1) is 11.1 Å². The van der Waals surface area contributed by atoms with E-state index in [4.69, 9.17) is 9.47 Å². The molecular weight excluding hydrogens is 384 g/mol. The first kappa shape index (κ1) is 23.0. The van der Waals surface area contributed by atoms with Crippen molar-refractivity contribution in [3.63, 3.8) is 0 Å². The average molecular weight is 410 g/mol. The van der Waals surface area contributed by atoms with E-state index >= 15 is 0 Å². The molecule has 0 bridgehead atoms. The Kier molecular flexibility index (Phi) is 9.45. The third kappa shape index (κ3) is 7.28. The minimum absolute atomic E-state index is 0.144. The molecule has 158 valence electrons. The molecule has 6 nitrogen and oxygen atoms in total. The van der Waals surface area contributed by atoms with Crippen LogP contribution >= 0.6 is 0 Å². The van der Waals surface area contributed by atoms with Crippen molar-refractivity contribution >= 4 is 23.9 Å². The zero-order valence-corrected chi connectivity index (χ0v) is 17.0. The minimum atomic E-state index is -1.34. The van der Waals surface area contributed by atoms with Crippen molar-refractivity contribution in [3.05, 3.63) is 71.8 Å². The maximum absolute atomic E-state index is 12.6. The van der Waals surface area contributed by atoms with Gasteiger partial charge in [-0.05, 0) is 30.7 Å². The molecule has 0 radical (unpaired) electrons. The molecule has 0 aliphatic carbocycles. The zero-order valence-electron chi connectivity index (χ0n) is 17.0. The number of rotatable bonds is 10. The molecule has 6 heteroatoms. The molecule has 0 spiro atoms. The smallest absolute Gasteiger partial charge is 0.345 e. The number of benzene rings is 2. The van der Waals surface area contributed by atoms with E-state index in [1.165, 1.54) is 24.3 Å². The van der Waals surface area contributed by atoms with E-state index < -0.39 is 29.8 Å². The molecule has 0 aliphatic heterocycles. The lowest BCUT2D eigenvalue weighted by molar-refractivity contribution is -0.155. The quantitative estimate of drug-likeness (QED) is 0.320. The Hall–Kier alpha value is -3.28. The third-order valence-electron chi connectivity index (χ3n) is 4.57. The molecular formula is C24H26O6. The van der Waals surface area contributed by atoms with E-state index in [9.17, 15) is 19.2 Å². The van der Waals surface area contributed by atoms with Crippen LogP contribution in [0.25, 0.3) is 0 Å². The highest BCUT2D eigenvalue weighted by Gasteiger charge is 2.33. The highest BCUT2D eigenvalue weighted by atomic mass is 16.6. The zero-order chi connectivity index (χ0) is 21.8. The highest BCUT2D eigenvalue weighted by molar-refractivity contribution is 6.06. The van der Waals surface area contributed by atoms with Gasteiger partial charge in [-0.15, -0.1) is 0 Å². The van der Waals surface area contributed by atoms with Crippen LogP contribution in [-0.4, -0.2) is 23.9 Å². The number of ether oxygens (including phenoxy) is 2. The largest absolute Gasteiger partial charge is 0.389 e. The molecule has 0 amide bonds. The lowest BCUT2D eigenvalue weighted by atomic mass is 10.0. The lowest BCUT2D eigenvalue weighted by Gasteiger charge is -2.14. The molecule has 2 aromatic carbocycles. The summed E-state index contributed by atoms with van der Waals surface area (Å²) in [5, 5.41) is 0. The first-order valence-corrected chi connectivity index (χ1v) is 10.1. The first-order valence-electron chi connectivity index (χ1n) is 10.1. The van der Waals surface area contributed by atoms with Crippen molar-refractivity contribution in [2.24, 2.45) is 5.92 Å². The van der Waals surface area contributed by atoms with E-state index in [0.29, 0.717) is 6.42 Å². The number of hydrogen-bond donors (Lipinski definition) is 0. The Labute approximate surface area is 176 Å². The topological polar surface area (TPSA) is 86.7 Å². The second-order valence-corrected chi connectivity index (χ2v) is 6.90. The summed E-state index contributed by atoms with van der Waals surface area (Å²) in [5.41, 5.74) is 0.391. The third-order valence-corrected chi connectivity index (χ3v) is 4.57. The van der Waals surface area contributed by atoms with Crippen LogP contribution in [0.15, 0.2) is 60.7 Å². The van der Waals surface area contributed by atoms with Gasteiger partial charge in [0.2, 0.25) is 0 Å². The number of esters is 4. The van der Waals surface area contributed by atoms with Crippen molar-refractivity contribution in [1.82, 2.24) is 0 Å². The summed E-state index contributed by atoms with van der Waals surface area (Å²) in [5.74, 6) is -5.06. The van der Waals surface area contributed by atoms with Crippen molar-refractivity contribution in [1.29, 1.82) is 0 Å². The Morgan fingerprint density at radius 2 is 1.10 bits per heavy atom. The van der Waals surface area contributed by atoms with Crippen LogP contribution in [0.4, 0.5) is 0 Å². The first-order chi connectivity index (χ1) is 14.5. The summed E-state index contributed by atoms with van der Waals surface area (Å²) in [6, 6.07) is 16.0. The molecule has 0 aromatic heterocycles. The highest BCUT2D eigenvalue weighted by Crippen LogP contribution is 2.17. The average Bonchev–Trinajstić information content (AvgIpc) is 2.77. The number of carbonyl (C=O) groups excluding carboxylic acids is 4. The summed E-state index contributed by atoms with van der Waals surface area (Å²) in [4.78, 5) is 49.5. The van der Waals surface area contributed by atoms with Gasteiger partial charge < -0.3 is 9.47 Å². The normalized spacial score (nSPS) is 10.5. The van der Waals surface area contributed by atoms with Gasteiger partial charge in [-0.1, -0.05) is 75.4 Å². The maximum Gasteiger partial charge on any atom is 0.345 e. The van der Waals surface area contributed by atoms with Crippen LogP contribution in [0.5, 0.6) is 0 Å². The summed E-state index contributed by atoms with van der Waals surface area (Å²) in [7, 11) is 0. The molecule has 0 fully saturated rings. The van der Waals surface area contributed by atoms with Gasteiger partial charge in [0.25, 0.3) is 0 Å². The van der Waals surface area contributed by atoms with Gasteiger partial charge in [-0.25, -0.2) is 9.59 Å². The Bertz CT molecular complexity index is 779. The second-order valence-electron chi connectivity index (χ2n) is 6.90. The van der Waals surface area contributed by atoms with Gasteiger partial charge in [0.1, 0.15) is 0 Å². The SMILES string of the molecule is CCCCCCCC(C(=O)OC(=O)c1ccccc1)C(=O)OC(=O)c1ccccc1. The van der Waals surface area contributed by atoms with E-state index in [0.717, 1.165) is 25.7 Å². The number of hydrogen-bond acceptors (Lipinski definition) is 6. The van der Waals surface area contributed by atoms with Gasteiger partial charge >= 0.3 is 23.9 Å². The van der Waals surface area contributed by atoms with Crippen molar-refractivity contribution < 1.29 is 28.7 Å². The summed E-state index contributed by atoms with van der Waals surface area (Å²) < 4.78 is 9.79. The molecule has 2 aromatic rings. The van der Waals surface area contributed by atoms with Crippen LogP contribution < -0.4 is 0 Å². The summed E-state index contributed by atoms with van der Waals surface area (Å²) in [6.45, 7) is 2.09. The molecule has 2 rings (SSSR count). The molecule has 0 heterocycles. The Morgan fingerprint density at radius 1 is 0.667 bits per heavy atom. The fourth-order valence-electron chi connectivity index (χ4n) is 2.88. The van der Waals surface area contributed by atoms with Crippen molar-refractivity contribution in [3.8, 4) is 0 Å². The lowest BCUT2D eigenvalue weighted by Crippen LogP contribution is -2.31. The van der Waals surface area contributed by atoms with Gasteiger partial charge in [-0.3, -0.25) is 9.59 Å². The maximum atomic E-state index is 12.6. The van der Waals surface area contributed by atoms with E-state index in [-0.39, 0.29) is 17.5 Å². The Morgan fingerprint density at radius 3 is 1.53 bits per heavy atom. The van der Waals surface area contributed by atoms with Crippen molar-refractivity contribution in [2.75, 3.05) is 0 Å². The number of unbranched alkanes of at least 4 members (excludes halogenated alkanes) is 4. The molecule has 0 aliphatic rings. The van der Waals surface area contributed by atoms with Crippen LogP contribution in [0.3, 0.4) is 0 Å². The summed E-state index contributed by atoms with van der Waals surface area (Å²) in [6.07, 6.45) is 4.63. The van der Waals surface area contributed by atoms with E-state index in [1.807, 2.05) is 0 Å².